The van der Waals surface area contributed by atoms with E-state index in [1.807, 2.05) is 12.1 Å². The zero-order valence-electron chi connectivity index (χ0n) is 23.9. The largest absolute Gasteiger partial charge is 0.480 e. The van der Waals surface area contributed by atoms with Gasteiger partial charge >= 0.3 is 5.97 Å². The van der Waals surface area contributed by atoms with E-state index in [2.05, 4.69) is 52.3 Å². The third-order valence-electron chi connectivity index (χ3n) is 9.81. The fourth-order valence-corrected chi connectivity index (χ4v) is 7.28. The number of likely N-dealkylation sites (tertiary alicyclic amines) is 2. The van der Waals surface area contributed by atoms with Crippen molar-refractivity contribution in [3.05, 3.63) is 101 Å². The van der Waals surface area contributed by atoms with Gasteiger partial charge in [-0.1, -0.05) is 67.8 Å². The van der Waals surface area contributed by atoms with Crippen LogP contribution in [0.5, 0.6) is 0 Å². The molecular formula is C35H42FN3O2. The molecule has 3 aliphatic rings. The Morgan fingerprint density at radius 1 is 0.951 bits per heavy atom. The van der Waals surface area contributed by atoms with Crippen LogP contribution in [0.3, 0.4) is 0 Å². The van der Waals surface area contributed by atoms with Crippen LogP contribution in [0, 0.1) is 17.7 Å². The summed E-state index contributed by atoms with van der Waals surface area (Å²) in [5, 5.41) is 10.1. The molecule has 1 aliphatic carbocycles. The molecule has 41 heavy (non-hydrogen) atoms. The number of benzene rings is 2. The first-order valence-electron chi connectivity index (χ1n) is 15.5. The fourth-order valence-electron chi connectivity index (χ4n) is 7.28. The second kappa shape index (κ2) is 12.8. The molecule has 3 heterocycles. The van der Waals surface area contributed by atoms with Crippen LogP contribution in [0.15, 0.2) is 72.8 Å². The van der Waals surface area contributed by atoms with Gasteiger partial charge in [0.05, 0.1) is 0 Å². The summed E-state index contributed by atoms with van der Waals surface area (Å²) in [6.07, 6.45) is 7.24. The molecule has 2 aromatic carbocycles. The van der Waals surface area contributed by atoms with Gasteiger partial charge in [-0.15, -0.1) is 0 Å². The van der Waals surface area contributed by atoms with Gasteiger partial charge in [0.1, 0.15) is 11.9 Å². The van der Waals surface area contributed by atoms with E-state index in [0.717, 1.165) is 76.0 Å². The second-order valence-electron chi connectivity index (χ2n) is 12.6. The minimum atomic E-state index is -0.710. The average Bonchev–Trinajstić information content (AvgIpc) is 3.36. The topological polar surface area (TPSA) is 56.7 Å². The van der Waals surface area contributed by atoms with E-state index >= 15 is 0 Å². The molecule has 5 nitrogen and oxygen atoms in total. The van der Waals surface area contributed by atoms with Gasteiger partial charge in [-0.25, -0.2) is 4.39 Å². The molecule has 0 radical (unpaired) electrons. The van der Waals surface area contributed by atoms with Gasteiger partial charge in [0.2, 0.25) is 0 Å². The maximum Gasteiger partial charge on any atom is 0.320 e. The van der Waals surface area contributed by atoms with E-state index in [9.17, 15) is 14.3 Å². The highest BCUT2D eigenvalue weighted by atomic mass is 19.1. The van der Waals surface area contributed by atoms with Crippen LogP contribution in [0.25, 0.3) is 0 Å². The van der Waals surface area contributed by atoms with Crippen LogP contribution in [0.2, 0.25) is 0 Å². The summed E-state index contributed by atoms with van der Waals surface area (Å²) in [4.78, 5) is 22.1. The summed E-state index contributed by atoms with van der Waals surface area (Å²) in [7, 11) is 0. The number of carbonyl (C=O) groups is 1. The molecule has 2 saturated heterocycles. The number of halogens is 1. The third-order valence-corrected chi connectivity index (χ3v) is 9.81. The number of rotatable bonds is 10. The van der Waals surface area contributed by atoms with Crippen LogP contribution < -0.4 is 0 Å². The molecule has 1 saturated carbocycles. The summed E-state index contributed by atoms with van der Waals surface area (Å²) >= 11 is 0. The van der Waals surface area contributed by atoms with Gasteiger partial charge < -0.3 is 10.0 Å². The molecule has 3 atom stereocenters. The van der Waals surface area contributed by atoms with E-state index < -0.39 is 12.0 Å². The number of carboxylic acids is 1. The SMILES string of the molecule is O=C(O)[C@@H](CC1CCC1)N1C[C@H](CN2CCC(c3cccc(Cc4ccccc4)n3)CC2)[C@@H](c2cccc(F)c2)C1. The van der Waals surface area contributed by atoms with E-state index in [-0.39, 0.29) is 17.7 Å². The minimum absolute atomic E-state index is 0.142. The molecule has 6 rings (SSSR count). The summed E-state index contributed by atoms with van der Waals surface area (Å²) in [6.45, 7) is 4.38. The van der Waals surface area contributed by atoms with Crippen LogP contribution >= 0.6 is 0 Å². The van der Waals surface area contributed by atoms with Crippen LogP contribution in [0.4, 0.5) is 4.39 Å². The number of hydrogen-bond acceptors (Lipinski definition) is 4. The standard InChI is InChI=1S/C35H42FN3O2/c36-30-12-5-11-28(21-30)32-24-39(34(35(40)41)20-26-9-4-10-26)23-29(32)22-38-17-15-27(16-18-38)33-14-6-13-31(37-33)19-25-7-2-1-3-8-25/h1-3,5-8,11-14,21,26-27,29,32,34H,4,9-10,15-20,22-24H2,(H,40,41)/t29-,32+,34+/m0/s1. The average molecular weight is 556 g/mol. The first kappa shape index (κ1) is 28.0. The van der Waals surface area contributed by atoms with E-state index in [1.54, 1.807) is 12.1 Å². The Labute approximate surface area is 243 Å². The molecule has 6 heteroatoms. The van der Waals surface area contributed by atoms with Crippen molar-refractivity contribution in [2.45, 2.75) is 62.8 Å². The fraction of sp³-hybridized carbons (Fsp3) is 0.486. The van der Waals surface area contributed by atoms with Crippen molar-refractivity contribution >= 4 is 5.97 Å². The smallest absolute Gasteiger partial charge is 0.320 e. The zero-order chi connectivity index (χ0) is 28.2. The predicted octanol–water partition coefficient (Wildman–Crippen LogP) is 6.35. The van der Waals surface area contributed by atoms with Crippen molar-refractivity contribution in [2.24, 2.45) is 11.8 Å². The van der Waals surface area contributed by atoms with Crippen molar-refractivity contribution in [2.75, 3.05) is 32.7 Å². The summed E-state index contributed by atoms with van der Waals surface area (Å²) in [5.41, 5.74) is 4.60. The summed E-state index contributed by atoms with van der Waals surface area (Å²) in [6, 6.07) is 23.5. The zero-order valence-corrected chi connectivity index (χ0v) is 23.9. The molecule has 0 unspecified atom stereocenters. The Morgan fingerprint density at radius 3 is 2.44 bits per heavy atom. The maximum absolute atomic E-state index is 14.2. The van der Waals surface area contributed by atoms with Gasteiger partial charge in [0.15, 0.2) is 0 Å². The highest BCUT2D eigenvalue weighted by Crippen LogP contribution is 2.39. The minimum Gasteiger partial charge on any atom is -0.480 e. The Hall–Kier alpha value is -3.09. The number of nitrogens with zero attached hydrogens (tertiary/aromatic N) is 3. The molecule has 1 aromatic heterocycles. The number of pyridine rings is 1. The second-order valence-corrected chi connectivity index (χ2v) is 12.6. The lowest BCUT2D eigenvalue weighted by Gasteiger charge is -2.35. The molecule has 3 fully saturated rings. The monoisotopic (exact) mass is 555 g/mol. The molecule has 0 bridgehead atoms. The van der Waals surface area contributed by atoms with Gasteiger partial charge in [0, 0.05) is 49.3 Å². The van der Waals surface area contributed by atoms with Crippen molar-refractivity contribution < 1.29 is 14.3 Å². The van der Waals surface area contributed by atoms with Crippen LogP contribution in [-0.4, -0.2) is 64.6 Å². The molecule has 0 spiro atoms. The highest BCUT2D eigenvalue weighted by Gasteiger charge is 2.41. The molecular weight excluding hydrogens is 513 g/mol. The van der Waals surface area contributed by atoms with Crippen LogP contribution in [-0.2, 0) is 11.2 Å². The van der Waals surface area contributed by atoms with Gasteiger partial charge in [-0.2, -0.15) is 0 Å². The van der Waals surface area contributed by atoms with Crippen molar-refractivity contribution in [3.8, 4) is 0 Å². The molecule has 1 N–H and O–H groups in total. The Balaban J connectivity index is 1.10. The van der Waals surface area contributed by atoms with Crippen molar-refractivity contribution in [1.29, 1.82) is 0 Å². The number of aliphatic carboxylic acids is 1. The molecule has 2 aliphatic heterocycles. The normalized spacial score (nSPS) is 23.3. The van der Waals surface area contributed by atoms with E-state index in [4.69, 9.17) is 4.98 Å². The number of hydrogen-bond donors (Lipinski definition) is 1. The Kier molecular flexibility index (Phi) is 8.78. The van der Waals surface area contributed by atoms with Gasteiger partial charge in [-0.05, 0) is 79.6 Å². The number of carboxylic acid groups (broad SMARTS) is 1. The summed E-state index contributed by atoms with van der Waals surface area (Å²) < 4.78 is 14.2. The van der Waals surface area contributed by atoms with Gasteiger partial charge in [0.25, 0.3) is 0 Å². The van der Waals surface area contributed by atoms with Crippen LogP contribution in [0.1, 0.15) is 72.9 Å². The predicted molar refractivity (Wildman–Crippen MR) is 159 cm³/mol. The van der Waals surface area contributed by atoms with E-state index in [1.165, 1.54) is 23.7 Å². The quantitative estimate of drug-likeness (QED) is 0.316. The lowest BCUT2D eigenvalue weighted by atomic mass is 9.80. The maximum atomic E-state index is 14.2. The van der Waals surface area contributed by atoms with Gasteiger partial charge in [-0.3, -0.25) is 14.7 Å². The highest BCUT2D eigenvalue weighted by molar-refractivity contribution is 5.73. The molecule has 0 amide bonds. The van der Waals surface area contributed by atoms with E-state index in [0.29, 0.717) is 18.4 Å². The number of aromatic nitrogens is 1. The Morgan fingerprint density at radius 2 is 1.73 bits per heavy atom. The molecule has 216 valence electrons. The lowest BCUT2D eigenvalue weighted by Crippen LogP contribution is -2.43. The third kappa shape index (κ3) is 6.87. The van der Waals surface area contributed by atoms with Crippen molar-refractivity contribution in [1.82, 2.24) is 14.8 Å². The first-order valence-corrected chi connectivity index (χ1v) is 15.5. The lowest BCUT2D eigenvalue weighted by molar-refractivity contribution is -0.144. The Bertz CT molecular complexity index is 1310. The first-order chi connectivity index (χ1) is 20.0. The number of piperidine rings is 1. The summed E-state index contributed by atoms with van der Waals surface area (Å²) in [5.74, 6) is 0.485. The van der Waals surface area contributed by atoms with Crippen molar-refractivity contribution in [3.63, 3.8) is 0 Å². The molecule has 3 aromatic rings.